The van der Waals surface area contributed by atoms with Gasteiger partial charge in [0.1, 0.15) is 11.9 Å². The number of rotatable bonds is 5. The molecule has 102 valence electrons. The van der Waals surface area contributed by atoms with Crippen LogP contribution in [0.2, 0.25) is 0 Å². The molecule has 1 unspecified atom stereocenters. The molecule has 18 heavy (non-hydrogen) atoms. The zero-order valence-corrected chi connectivity index (χ0v) is 11.7. The molecule has 0 aromatic heterocycles. The van der Waals surface area contributed by atoms with Gasteiger partial charge in [0.05, 0.1) is 6.54 Å². The molecule has 0 radical (unpaired) electrons. The molecule has 0 bridgehead atoms. The summed E-state index contributed by atoms with van der Waals surface area (Å²) in [6.07, 6.45) is -4.51. The summed E-state index contributed by atoms with van der Waals surface area (Å²) in [6.45, 7) is 2.76. The predicted octanol–water partition coefficient (Wildman–Crippen LogP) is 3.68. The monoisotopic (exact) mass is 325 g/mol. The summed E-state index contributed by atoms with van der Waals surface area (Å²) in [5, 5.41) is 2.32. The largest absolute Gasteiger partial charge is 0.489 e. The molecular formula is C12H15BrF3NO. The molecule has 0 aliphatic carbocycles. The van der Waals surface area contributed by atoms with Crippen LogP contribution >= 0.6 is 15.9 Å². The fourth-order valence-electron chi connectivity index (χ4n) is 1.42. The first kappa shape index (κ1) is 15.3. The molecule has 0 saturated heterocycles. The van der Waals surface area contributed by atoms with Crippen molar-refractivity contribution in [3.05, 3.63) is 28.2 Å². The summed E-state index contributed by atoms with van der Waals surface area (Å²) in [5.74, 6) is 0.680. The first-order valence-electron chi connectivity index (χ1n) is 5.48. The fraction of sp³-hybridized carbons (Fsp3) is 0.500. The Morgan fingerprint density at radius 3 is 2.61 bits per heavy atom. The van der Waals surface area contributed by atoms with Crippen molar-refractivity contribution < 1.29 is 17.9 Å². The molecule has 2 nitrogen and oxygen atoms in total. The minimum Gasteiger partial charge on any atom is -0.489 e. The SMILES string of the molecule is Cc1cc(Br)ccc1OC(C)CNCC(F)(F)F. The molecule has 1 aromatic carbocycles. The van der Waals surface area contributed by atoms with E-state index in [-0.39, 0.29) is 12.6 Å². The van der Waals surface area contributed by atoms with Crippen LogP contribution in [0.25, 0.3) is 0 Å². The highest BCUT2D eigenvalue weighted by Gasteiger charge is 2.26. The Bertz CT molecular complexity index is 395. The summed E-state index contributed by atoms with van der Waals surface area (Å²) in [6, 6.07) is 5.52. The number of hydrogen-bond donors (Lipinski definition) is 1. The quantitative estimate of drug-likeness (QED) is 0.891. The van der Waals surface area contributed by atoms with Gasteiger partial charge in [0.2, 0.25) is 0 Å². The number of alkyl halides is 3. The molecule has 6 heteroatoms. The van der Waals surface area contributed by atoms with E-state index in [0.29, 0.717) is 5.75 Å². The minimum atomic E-state index is -4.19. The van der Waals surface area contributed by atoms with Crippen molar-refractivity contribution in [2.45, 2.75) is 26.1 Å². The summed E-state index contributed by atoms with van der Waals surface area (Å²) >= 11 is 3.33. The van der Waals surface area contributed by atoms with Gasteiger partial charge in [0.15, 0.2) is 0 Å². The van der Waals surface area contributed by atoms with Crippen molar-refractivity contribution >= 4 is 15.9 Å². The Labute approximate surface area is 113 Å². The van der Waals surface area contributed by atoms with Crippen molar-refractivity contribution in [2.24, 2.45) is 0 Å². The van der Waals surface area contributed by atoms with E-state index >= 15 is 0 Å². The second-order valence-electron chi connectivity index (χ2n) is 4.08. The molecule has 1 rings (SSSR count). The van der Waals surface area contributed by atoms with E-state index < -0.39 is 12.7 Å². The maximum atomic E-state index is 11.9. The van der Waals surface area contributed by atoms with E-state index in [4.69, 9.17) is 4.74 Å². The number of nitrogens with one attached hydrogen (secondary N) is 1. The van der Waals surface area contributed by atoms with Gasteiger partial charge < -0.3 is 10.1 Å². The van der Waals surface area contributed by atoms with Crippen LogP contribution in [0.1, 0.15) is 12.5 Å². The van der Waals surface area contributed by atoms with Gasteiger partial charge in [-0.05, 0) is 37.6 Å². The summed E-state index contributed by atoms with van der Waals surface area (Å²) in [5.41, 5.74) is 0.937. The Morgan fingerprint density at radius 2 is 2.06 bits per heavy atom. The third-order valence-electron chi connectivity index (χ3n) is 2.22. The van der Waals surface area contributed by atoms with E-state index in [1.165, 1.54) is 0 Å². The second-order valence-corrected chi connectivity index (χ2v) is 5.00. The van der Waals surface area contributed by atoms with Crippen molar-refractivity contribution in [1.82, 2.24) is 5.32 Å². The molecule has 0 aliphatic rings. The lowest BCUT2D eigenvalue weighted by Gasteiger charge is -2.17. The maximum absolute atomic E-state index is 11.9. The van der Waals surface area contributed by atoms with E-state index in [1.54, 1.807) is 13.0 Å². The summed E-state index contributed by atoms with van der Waals surface area (Å²) < 4.78 is 42.3. The molecule has 0 fully saturated rings. The van der Waals surface area contributed by atoms with Gasteiger partial charge in [-0.1, -0.05) is 15.9 Å². The number of halogens is 4. The fourth-order valence-corrected chi connectivity index (χ4v) is 1.90. The van der Waals surface area contributed by atoms with Crippen LogP contribution in [0, 0.1) is 6.92 Å². The van der Waals surface area contributed by atoms with E-state index in [2.05, 4.69) is 21.2 Å². The van der Waals surface area contributed by atoms with Crippen molar-refractivity contribution in [2.75, 3.05) is 13.1 Å². The lowest BCUT2D eigenvalue weighted by Crippen LogP contribution is -2.35. The van der Waals surface area contributed by atoms with Gasteiger partial charge >= 0.3 is 6.18 Å². The summed E-state index contributed by atoms with van der Waals surface area (Å²) in [7, 11) is 0. The predicted molar refractivity (Wildman–Crippen MR) is 67.9 cm³/mol. The average molecular weight is 326 g/mol. The normalized spacial score (nSPS) is 13.4. The second kappa shape index (κ2) is 6.43. The van der Waals surface area contributed by atoms with Crippen LogP contribution in [0.15, 0.2) is 22.7 Å². The highest BCUT2D eigenvalue weighted by Crippen LogP contribution is 2.23. The Hall–Kier alpha value is -0.750. The van der Waals surface area contributed by atoms with E-state index in [0.717, 1.165) is 10.0 Å². The standard InChI is InChI=1S/C12H15BrF3NO/c1-8-5-10(13)3-4-11(8)18-9(2)6-17-7-12(14,15)16/h3-5,9,17H,6-7H2,1-2H3. The Kier molecular flexibility index (Phi) is 5.47. The molecule has 0 aliphatic heterocycles. The van der Waals surface area contributed by atoms with Gasteiger partial charge in [-0.3, -0.25) is 0 Å². The van der Waals surface area contributed by atoms with Crippen LogP contribution in [-0.2, 0) is 0 Å². The molecule has 1 atom stereocenters. The molecule has 1 aromatic rings. The molecule has 0 heterocycles. The van der Waals surface area contributed by atoms with Gasteiger partial charge in [0, 0.05) is 11.0 Å². The van der Waals surface area contributed by atoms with Gasteiger partial charge in [0.25, 0.3) is 0 Å². The first-order valence-corrected chi connectivity index (χ1v) is 6.27. The third kappa shape index (κ3) is 5.73. The zero-order chi connectivity index (χ0) is 13.8. The summed E-state index contributed by atoms with van der Waals surface area (Å²) in [4.78, 5) is 0. The van der Waals surface area contributed by atoms with E-state index in [1.807, 2.05) is 19.1 Å². The molecular weight excluding hydrogens is 311 g/mol. The van der Waals surface area contributed by atoms with Crippen molar-refractivity contribution in [1.29, 1.82) is 0 Å². The van der Waals surface area contributed by atoms with Gasteiger partial charge in [-0.15, -0.1) is 0 Å². The van der Waals surface area contributed by atoms with Crippen molar-refractivity contribution in [3.8, 4) is 5.75 Å². The molecule has 1 N–H and O–H groups in total. The first-order chi connectivity index (χ1) is 8.28. The van der Waals surface area contributed by atoms with Gasteiger partial charge in [-0.2, -0.15) is 13.2 Å². The number of aryl methyl sites for hydroxylation is 1. The topological polar surface area (TPSA) is 21.3 Å². The van der Waals surface area contributed by atoms with Crippen LogP contribution in [0.5, 0.6) is 5.75 Å². The van der Waals surface area contributed by atoms with Crippen LogP contribution in [0.3, 0.4) is 0 Å². The van der Waals surface area contributed by atoms with Crippen LogP contribution in [0.4, 0.5) is 13.2 Å². The van der Waals surface area contributed by atoms with Crippen molar-refractivity contribution in [3.63, 3.8) is 0 Å². The maximum Gasteiger partial charge on any atom is 0.401 e. The van der Waals surface area contributed by atoms with Gasteiger partial charge in [-0.25, -0.2) is 0 Å². The zero-order valence-electron chi connectivity index (χ0n) is 10.1. The number of benzene rings is 1. The highest BCUT2D eigenvalue weighted by molar-refractivity contribution is 9.10. The smallest absolute Gasteiger partial charge is 0.401 e. The minimum absolute atomic E-state index is 0.148. The number of ether oxygens (including phenoxy) is 1. The molecule has 0 saturated carbocycles. The Balaban J connectivity index is 2.42. The van der Waals surface area contributed by atoms with Crippen LogP contribution < -0.4 is 10.1 Å². The average Bonchev–Trinajstić information content (AvgIpc) is 2.20. The van der Waals surface area contributed by atoms with E-state index in [9.17, 15) is 13.2 Å². The molecule has 0 amide bonds. The van der Waals surface area contributed by atoms with Crippen LogP contribution in [-0.4, -0.2) is 25.4 Å². The Morgan fingerprint density at radius 1 is 1.39 bits per heavy atom. The lowest BCUT2D eigenvalue weighted by molar-refractivity contribution is -0.125. The lowest BCUT2D eigenvalue weighted by atomic mass is 10.2. The molecule has 0 spiro atoms. The number of hydrogen-bond acceptors (Lipinski definition) is 2. The third-order valence-corrected chi connectivity index (χ3v) is 2.72. The highest BCUT2D eigenvalue weighted by atomic mass is 79.9.